The summed E-state index contributed by atoms with van der Waals surface area (Å²) >= 11 is 0. The molecule has 0 atom stereocenters. The minimum absolute atomic E-state index is 0.101. The molecule has 0 bridgehead atoms. The van der Waals surface area contributed by atoms with Gasteiger partial charge >= 0.3 is 13.8 Å². The average Bonchev–Trinajstić information content (AvgIpc) is 3.26. The lowest BCUT2D eigenvalue weighted by atomic mass is 10.1. The Morgan fingerprint density at radius 3 is 2.30 bits per heavy atom. The topological polar surface area (TPSA) is 136 Å². The van der Waals surface area contributed by atoms with Gasteiger partial charge in [-0.3, -0.25) is 13.8 Å². The Kier molecular flexibility index (Phi) is 6.13. The molecular weight excluding hydrogens is 516 g/mol. The fraction of sp³-hybridized carbons (Fsp3) is 0.318. The third kappa shape index (κ3) is 4.87. The fourth-order valence-electron chi connectivity index (χ4n) is 4.53. The number of alkyl halides is 3. The van der Waals surface area contributed by atoms with E-state index in [1.54, 1.807) is 12.0 Å². The van der Waals surface area contributed by atoms with Crippen molar-refractivity contribution < 1.29 is 32.3 Å². The minimum atomic E-state index is -4.72. The van der Waals surface area contributed by atoms with Crippen molar-refractivity contribution in [1.82, 2.24) is 19.6 Å². The Bertz CT molecular complexity index is 1570. The number of halogens is 3. The van der Waals surface area contributed by atoms with Crippen LogP contribution in [0.3, 0.4) is 0 Å². The first-order valence-corrected chi connectivity index (χ1v) is 12.9. The van der Waals surface area contributed by atoms with Crippen LogP contribution in [0.5, 0.6) is 5.75 Å². The number of H-pyrrole nitrogens is 1. The fourth-order valence-corrected chi connectivity index (χ4v) is 5.10. The number of hydrogen-bond acceptors (Lipinski definition) is 7. The van der Waals surface area contributed by atoms with Crippen molar-refractivity contribution in [2.24, 2.45) is 0 Å². The molecule has 0 aliphatic carbocycles. The van der Waals surface area contributed by atoms with Crippen LogP contribution in [0.1, 0.15) is 11.4 Å². The molecule has 1 saturated heterocycles. The van der Waals surface area contributed by atoms with Crippen molar-refractivity contribution in [2.45, 2.75) is 12.3 Å². The Labute approximate surface area is 207 Å². The highest BCUT2D eigenvalue weighted by atomic mass is 31.2. The summed E-state index contributed by atoms with van der Waals surface area (Å²) < 4.78 is 60.3. The summed E-state index contributed by atoms with van der Waals surface area (Å²) in [5, 5.41) is 7.41. The molecule has 3 heterocycles. The summed E-state index contributed by atoms with van der Waals surface area (Å²) in [6, 6.07) is 9.49. The highest BCUT2D eigenvalue weighted by Gasteiger charge is 2.37. The van der Waals surface area contributed by atoms with Crippen molar-refractivity contribution in [3.05, 3.63) is 58.1 Å². The predicted molar refractivity (Wildman–Crippen MR) is 129 cm³/mol. The van der Waals surface area contributed by atoms with Gasteiger partial charge in [0.05, 0.1) is 29.4 Å². The summed E-state index contributed by atoms with van der Waals surface area (Å²) in [5.74, 6) is 0.472. The molecule has 11 nitrogen and oxygen atoms in total. The van der Waals surface area contributed by atoms with Gasteiger partial charge in [-0.05, 0) is 36.4 Å². The van der Waals surface area contributed by atoms with E-state index in [2.05, 4.69) is 20.1 Å². The van der Waals surface area contributed by atoms with Gasteiger partial charge in [0, 0.05) is 31.9 Å². The van der Waals surface area contributed by atoms with Crippen molar-refractivity contribution >= 4 is 35.7 Å². The molecule has 5 rings (SSSR count). The van der Waals surface area contributed by atoms with Gasteiger partial charge in [-0.2, -0.15) is 13.2 Å². The number of aromatic nitrogens is 4. The second kappa shape index (κ2) is 9.05. The lowest BCUT2D eigenvalue weighted by Gasteiger charge is -2.38. The number of nitrogens with zero attached hydrogens (tertiary/aromatic N) is 5. The number of methoxy groups -OCH3 is 1. The second-order valence-corrected chi connectivity index (χ2v) is 10.3. The van der Waals surface area contributed by atoms with Crippen molar-refractivity contribution in [2.75, 3.05) is 43.1 Å². The van der Waals surface area contributed by atoms with Gasteiger partial charge in [-0.25, -0.2) is 0 Å². The summed E-state index contributed by atoms with van der Waals surface area (Å²) in [6.45, 7) is 1.48. The van der Waals surface area contributed by atoms with Gasteiger partial charge in [0.15, 0.2) is 0 Å². The summed E-state index contributed by atoms with van der Waals surface area (Å²) in [4.78, 5) is 37.3. The van der Waals surface area contributed by atoms with Crippen LogP contribution in [0.15, 0.2) is 41.2 Å². The number of rotatable bonds is 5. The van der Waals surface area contributed by atoms with E-state index in [9.17, 15) is 32.3 Å². The molecule has 0 spiro atoms. The molecule has 0 radical (unpaired) electrons. The Hall–Kier alpha value is -3.61. The molecular formula is C22H22F3N6O5P. The molecule has 2 aromatic heterocycles. The smallest absolute Gasteiger partial charge is 0.418 e. The van der Waals surface area contributed by atoms with Gasteiger partial charge in [0.25, 0.3) is 5.56 Å². The zero-order chi connectivity index (χ0) is 26.5. The van der Waals surface area contributed by atoms with E-state index in [1.165, 1.54) is 6.07 Å². The maximum Gasteiger partial charge on any atom is 0.418 e. The number of nitrogens with one attached hydrogen (secondary N) is 1. The summed E-state index contributed by atoms with van der Waals surface area (Å²) in [5.41, 5.74) is -1.28. The average molecular weight is 538 g/mol. The quantitative estimate of drug-likeness (QED) is 0.328. The zero-order valence-corrected chi connectivity index (χ0v) is 20.3. The summed E-state index contributed by atoms with van der Waals surface area (Å²) in [7, 11) is -3.04. The summed E-state index contributed by atoms with van der Waals surface area (Å²) in [6.07, 6.45) is -5.55. The van der Waals surface area contributed by atoms with E-state index >= 15 is 0 Å². The number of ether oxygens (including phenoxy) is 1. The number of benzene rings is 2. The van der Waals surface area contributed by atoms with Crippen LogP contribution in [0.4, 0.5) is 24.5 Å². The Balaban J connectivity index is 1.57. The van der Waals surface area contributed by atoms with Gasteiger partial charge in [0.2, 0.25) is 5.65 Å². The van der Waals surface area contributed by atoms with E-state index in [1.807, 2.05) is 24.3 Å². The lowest BCUT2D eigenvalue weighted by molar-refractivity contribution is -0.137. The molecule has 4 aromatic rings. The van der Waals surface area contributed by atoms with Gasteiger partial charge in [-0.1, -0.05) is 0 Å². The molecule has 0 unspecified atom stereocenters. The first kappa shape index (κ1) is 25.1. The van der Waals surface area contributed by atoms with Crippen LogP contribution in [0.25, 0.3) is 16.7 Å². The molecule has 0 amide bonds. The number of aromatic amines is 1. The normalized spacial score (nSPS) is 15.1. The van der Waals surface area contributed by atoms with Crippen molar-refractivity contribution in [3.8, 4) is 5.75 Å². The van der Waals surface area contributed by atoms with Crippen LogP contribution in [-0.2, 0) is 16.9 Å². The molecule has 196 valence electrons. The van der Waals surface area contributed by atoms with E-state index in [0.29, 0.717) is 18.8 Å². The maximum atomic E-state index is 14.1. The number of piperazine rings is 1. The van der Waals surface area contributed by atoms with E-state index < -0.39 is 31.1 Å². The Morgan fingerprint density at radius 1 is 1.05 bits per heavy atom. The molecule has 1 fully saturated rings. The molecule has 2 aromatic carbocycles. The van der Waals surface area contributed by atoms with Gasteiger partial charge in [-0.15, -0.1) is 10.2 Å². The third-order valence-corrected chi connectivity index (χ3v) is 6.94. The van der Waals surface area contributed by atoms with Crippen molar-refractivity contribution in [3.63, 3.8) is 0 Å². The van der Waals surface area contributed by atoms with Crippen LogP contribution < -0.4 is 20.1 Å². The zero-order valence-electron chi connectivity index (χ0n) is 19.4. The van der Waals surface area contributed by atoms with E-state index in [-0.39, 0.29) is 41.3 Å². The number of hydrogen-bond donors (Lipinski definition) is 3. The molecule has 1 aliphatic rings. The number of fused-ring (bicyclic) bond motifs is 3. The van der Waals surface area contributed by atoms with Crippen LogP contribution in [-0.4, -0.2) is 62.7 Å². The maximum absolute atomic E-state index is 14.1. The number of anilines is 2. The lowest BCUT2D eigenvalue weighted by Crippen LogP contribution is -2.47. The molecule has 15 heteroatoms. The first-order valence-electron chi connectivity index (χ1n) is 11.1. The van der Waals surface area contributed by atoms with E-state index in [4.69, 9.17) is 4.74 Å². The SMILES string of the molecule is COc1ccc(N2CCN(c3cc4c(cc3C(F)(F)F)[nH]c(=O)c3nnc(CP(=O)(O)O)n34)CC2)cc1. The predicted octanol–water partition coefficient (Wildman–Crippen LogP) is 2.60. The molecule has 37 heavy (non-hydrogen) atoms. The van der Waals surface area contributed by atoms with Crippen LogP contribution >= 0.6 is 7.60 Å². The Morgan fingerprint density at radius 2 is 1.70 bits per heavy atom. The molecule has 0 saturated carbocycles. The largest absolute Gasteiger partial charge is 0.497 e. The highest BCUT2D eigenvalue weighted by Crippen LogP contribution is 2.41. The highest BCUT2D eigenvalue weighted by molar-refractivity contribution is 7.50. The molecule has 1 aliphatic heterocycles. The minimum Gasteiger partial charge on any atom is -0.497 e. The first-order chi connectivity index (χ1) is 17.4. The standard InChI is InChI=1S/C22H22F3N6O5P/c1-36-14-4-2-13(3-5-14)29-6-8-30(9-7-29)17-11-18-16(10-15(17)22(23,24)25)26-21(32)20-28-27-19(31(18)20)12-37(33,34)35/h2-5,10-11H,6-9,12H2,1H3,(H,26,32)(H2,33,34,35). The van der Waals surface area contributed by atoms with Gasteiger partial charge < -0.3 is 29.3 Å². The van der Waals surface area contributed by atoms with Crippen LogP contribution in [0.2, 0.25) is 0 Å². The van der Waals surface area contributed by atoms with Crippen LogP contribution in [0, 0.1) is 0 Å². The second-order valence-electron chi connectivity index (χ2n) is 8.61. The monoisotopic (exact) mass is 538 g/mol. The third-order valence-electron chi connectivity index (χ3n) is 6.25. The van der Waals surface area contributed by atoms with E-state index in [0.717, 1.165) is 16.2 Å². The van der Waals surface area contributed by atoms with Gasteiger partial charge in [0.1, 0.15) is 17.7 Å². The molecule has 3 N–H and O–H groups in total. The van der Waals surface area contributed by atoms with Crippen molar-refractivity contribution in [1.29, 1.82) is 0 Å².